The summed E-state index contributed by atoms with van der Waals surface area (Å²) in [5.41, 5.74) is 0.141. The van der Waals surface area contributed by atoms with Crippen molar-refractivity contribution in [3.8, 4) is 6.07 Å². The lowest BCUT2D eigenvalue weighted by Gasteiger charge is -2.34. The fourth-order valence-electron chi connectivity index (χ4n) is 2.83. The minimum absolute atomic E-state index is 0.363. The summed E-state index contributed by atoms with van der Waals surface area (Å²) in [7, 11) is 1.87. The van der Waals surface area contributed by atoms with Crippen LogP contribution in [0, 0.1) is 16.7 Å². The molecular weight excluding hydrogens is 236 g/mol. The maximum Gasteiger partial charge on any atom is 0.106 e. The summed E-state index contributed by atoms with van der Waals surface area (Å²) in [6.07, 6.45) is 8.04. The second kappa shape index (κ2) is 7.26. The predicted molar refractivity (Wildman–Crippen MR) is 78.9 cm³/mol. The molecule has 0 amide bonds. The molecule has 19 heavy (non-hydrogen) atoms. The van der Waals surface area contributed by atoms with Crippen molar-refractivity contribution >= 4 is 0 Å². The van der Waals surface area contributed by atoms with Gasteiger partial charge in [0.05, 0.1) is 12.2 Å². The third-order valence-electron chi connectivity index (χ3n) is 4.68. The molecule has 0 aromatic heterocycles. The Morgan fingerprint density at radius 3 is 2.47 bits per heavy atom. The topological polar surface area (TPSA) is 45.0 Å². The Hall–Kier alpha value is -0.590. The van der Waals surface area contributed by atoms with Crippen LogP contribution in [0.5, 0.6) is 0 Å². The largest absolute Gasteiger partial charge is 0.378 e. The fraction of sp³-hybridized carbons (Fsp3) is 0.938. The van der Waals surface area contributed by atoms with Crippen molar-refractivity contribution in [2.75, 3.05) is 13.7 Å². The second-order valence-electron chi connectivity index (χ2n) is 6.64. The van der Waals surface area contributed by atoms with E-state index in [-0.39, 0.29) is 5.54 Å². The van der Waals surface area contributed by atoms with Gasteiger partial charge in [0.25, 0.3) is 0 Å². The van der Waals surface area contributed by atoms with Gasteiger partial charge in [-0.05, 0) is 57.4 Å². The molecule has 1 saturated carbocycles. The summed E-state index contributed by atoms with van der Waals surface area (Å²) in [5.74, 6) is 0. The molecule has 0 aromatic carbocycles. The SMILES string of the molecule is CCC(C#N)(CCCOC1CCC(C)(C)CC1)NC. The molecule has 3 nitrogen and oxygen atoms in total. The van der Waals surface area contributed by atoms with Crippen LogP contribution in [0.15, 0.2) is 0 Å². The summed E-state index contributed by atoms with van der Waals surface area (Å²) in [6, 6.07) is 2.40. The van der Waals surface area contributed by atoms with Crippen LogP contribution in [0.1, 0.15) is 65.7 Å². The van der Waals surface area contributed by atoms with Crippen LogP contribution in [-0.2, 0) is 4.74 Å². The van der Waals surface area contributed by atoms with Gasteiger partial charge in [0.1, 0.15) is 5.54 Å². The first-order valence-corrected chi connectivity index (χ1v) is 7.69. The zero-order chi connectivity index (χ0) is 14.4. The average molecular weight is 266 g/mol. The molecule has 1 rings (SSSR count). The minimum atomic E-state index is -0.363. The number of nitriles is 1. The summed E-state index contributed by atoms with van der Waals surface area (Å²) < 4.78 is 5.97. The highest BCUT2D eigenvalue weighted by Crippen LogP contribution is 2.36. The molecule has 0 spiro atoms. The van der Waals surface area contributed by atoms with E-state index in [4.69, 9.17) is 4.74 Å². The Morgan fingerprint density at radius 1 is 1.37 bits per heavy atom. The highest BCUT2D eigenvalue weighted by molar-refractivity contribution is 5.05. The molecule has 0 aliphatic heterocycles. The summed E-state index contributed by atoms with van der Waals surface area (Å²) >= 11 is 0. The Labute approximate surface area is 118 Å². The number of nitrogens with zero attached hydrogens (tertiary/aromatic N) is 1. The summed E-state index contributed by atoms with van der Waals surface area (Å²) in [4.78, 5) is 0. The van der Waals surface area contributed by atoms with E-state index in [0.717, 1.165) is 25.9 Å². The highest BCUT2D eigenvalue weighted by atomic mass is 16.5. The van der Waals surface area contributed by atoms with E-state index >= 15 is 0 Å². The van der Waals surface area contributed by atoms with Crippen molar-refractivity contribution in [1.29, 1.82) is 5.26 Å². The van der Waals surface area contributed by atoms with Crippen LogP contribution < -0.4 is 5.32 Å². The second-order valence-corrected chi connectivity index (χ2v) is 6.64. The van der Waals surface area contributed by atoms with Gasteiger partial charge in [-0.25, -0.2) is 0 Å². The van der Waals surface area contributed by atoms with Crippen LogP contribution in [-0.4, -0.2) is 25.3 Å². The van der Waals surface area contributed by atoms with Crippen molar-refractivity contribution in [2.24, 2.45) is 5.41 Å². The first kappa shape index (κ1) is 16.5. The molecule has 1 aliphatic rings. The van der Waals surface area contributed by atoms with Gasteiger partial charge in [0.2, 0.25) is 0 Å². The van der Waals surface area contributed by atoms with Crippen LogP contribution in [0.3, 0.4) is 0 Å². The fourth-order valence-corrected chi connectivity index (χ4v) is 2.83. The molecule has 0 bridgehead atoms. The molecule has 0 aromatic rings. The van der Waals surface area contributed by atoms with E-state index in [9.17, 15) is 5.26 Å². The minimum Gasteiger partial charge on any atom is -0.378 e. The van der Waals surface area contributed by atoms with Crippen molar-refractivity contribution in [3.05, 3.63) is 0 Å². The normalized spacial score (nSPS) is 22.7. The number of ether oxygens (including phenoxy) is 1. The van der Waals surface area contributed by atoms with Crippen molar-refractivity contribution in [3.63, 3.8) is 0 Å². The van der Waals surface area contributed by atoms with Gasteiger partial charge in [0.15, 0.2) is 0 Å². The summed E-state index contributed by atoms with van der Waals surface area (Å²) in [6.45, 7) is 7.54. The maximum atomic E-state index is 9.23. The van der Waals surface area contributed by atoms with Crippen LogP contribution >= 0.6 is 0 Å². The highest BCUT2D eigenvalue weighted by Gasteiger charge is 2.28. The number of hydrogen-bond acceptors (Lipinski definition) is 3. The van der Waals surface area contributed by atoms with Crippen molar-refractivity contribution < 1.29 is 4.74 Å². The van der Waals surface area contributed by atoms with E-state index in [1.54, 1.807) is 0 Å². The van der Waals surface area contributed by atoms with Crippen LogP contribution in [0.2, 0.25) is 0 Å². The molecule has 1 N–H and O–H groups in total. The average Bonchev–Trinajstić information content (AvgIpc) is 2.41. The van der Waals surface area contributed by atoms with E-state index in [0.29, 0.717) is 11.5 Å². The molecule has 0 heterocycles. The van der Waals surface area contributed by atoms with Gasteiger partial charge < -0.3 is 10.1 Å². The van der Waals surface area contributed by atoms with Gasteiger partial charge >= 0.3 is 0 Å². The third-order valence-corrected chi connectivity index (χ3v) is 4.68. The maximum absolute atomic E-state index is 9.23. The van der Waals surface area contributed by atoms with E-state index in [1.807, 2.05) is 7.05 Å². The van der Waals surface area contributed by atoms with Gasteiger partial charge in [-0.3, -0.25) is 0 Å². The Balaban J connectivity index is 2.20. The first-order chi connectivity index (χ1) is 8.97. The molecule has 3 heteroatoms. The quantitative estimate of drug-likeness (QED) is 0.715. The lowest BCUT2D eigenvalue weighted by Crippen LogP contribution is -2.41. The Morgan fingerprint density at radius 2 is 2.00 bits per heavy atom. The zero-order valence-corrected chi connectivity index (χ0v) is 13.1. The lowest BCUT2D eigenvalue weighted by molar-refractivity contribution is 0.00149. The lowest BCUT2D eigenvalue weighted by atomic mass is 9.76. The molecule has 110 valence electrons. The molecule has 1 unspecified atom stereocenters. The summed E-state index contributed by atoms with van der Waals surface area (Å²) in [5, 5.41) is 12.4. The number of rotatable bonds is 7. The Bertz CT molecular complexity index is 292. The molecule has 1 atom stereocenters. The predicted octanol–water partition coefficient (Wildman–Crippen LogP) is 3.64. The van der Waals surface area contributed by atoms with Gasteiger partial charge in [0, 0.05) is 6.61 Å². The van der Waals surface area contributed by atoms with E-state index in [2.05, 4.69) is 32.2 Å². The third kappa shape index (κ3) is 5.12. The zero-order valence-electron chi connectivity index (χ0n) is 13.1. The van der Waals surface area contributed by atoms with Crippen molar-refractivity contribution in [2.45, 2.75) is 77.4 Å². The number of hydrogen-bond donors (Lipinski definition) is 1. The Kier molecular flexibility index (Phi) is 6.29. The molecule has 1 aliphatic carbocycles. The van der Waals surface area contributed by atoms with Crippen LogP contribution in [0.4, 0.5) is 0 Å². The van der Waals surface area contributed by atoms with Gasteiger partial charge in [-0.1, -0.05) is 20.8 Å². The molecule has 1 fully saturated rings. The van der Waals surface area contributed by atoms with Gasteiger partial charge in [-0.2, -0.15) is 5.26 Å². The van der Waals surface area contributed by atoms with E-state index < -0.39 is 0 Å². The van der Waals surface area contributed by atoms with Crippen LogP contribution in [0.25, 0.3) is 0 Å². The standard InChI is InChI=1S/C16H30N2O/c1-5-16(13-17,18-4)9-6-12-19-14-7-10-15(2,3)11-8-14/h14,18H,5-12H2,1-4H3. The molecular formula is C16H30N2O. The van der Waals surface area contributed by atoms with Crippen molar-refractivity contribution in [1.82, 2.24) is 5.32 Å². The monoisotopic (exact) mass is 266 g/mol. The first-order valence-electron chi connectivity index (χ1n) is 7.69. The van der Waals surface area contributed by atoms with E-state index in [1.165, 1.54) is 25.7 Å². The smallest absolute Gasteiger partial charge is 0.106 e. The molecule has 0 radical (unpaired) electrons. The number of nitrogens with one attached hydrogen (secondary N) is 1. The van der Waals surface area contributed by atoms with Gasteiger partial charge in [-0.15, -0.1) is 0 Å². The molecule has 0 saturated heterocycles.